The van der Waals surface area contributed by atoms with Crippen LogP contribution in [0.3, 0.4) is 0 Å². The Morgan fingerprint density at radius 3 is 2.43 bits per heavy atom. The van der Waals surface area contributed by atoms with E-state index in [0.717, 1.165) is 5.56 Å². The Labute approximate surface area is 95.8 Å². The van der Waals surface area contributed by atoms with E-state index in [1.165, 1.54) is 6.20 Å². The molecule has 0 aliphatic carbocycles. The maximum Gasteiger partial charge on any atom is 0.0863 e. The van der Waals surface area contributed by atoms with Crippen LogP contribution in [0.25, 0.3) is 11.3 Å². The number of hydrogen-bond donors (Lipinski definition) is 1. The molecular weight excluding hydrogens is 242 g/mol. The zero-order chi connectivity index (χ0) is 10.1. The van der Waals surface area contributed by atoms with Gasteiger partial charge in [0.05, 0.1) is 21.9 Å². The second kappa shape index (κ2) is 3.81. The van der Waals surface area contributed by atoms with E-state index in [1.807, 2.05) is 0 Å². The predicted octanol–water partition coefficient (Wildman–Crippen LogP) is 4.04. The lowest BCUT2D eigenvalue weighted by Crippen LogP contribution is -1.80. The number of H-pyrrole nitrogens is 1. The summed E-state index contributed by atoms with van der Waals surface area (Å²) < 4.78 is 0. The van der Waals surface area contributed by atoms with Gasteiger partial charge in [-0.1, -0.05) is 34.8 Å². The zero-order valence-electron chi connectivity index (χ0n) is 6.89. The van der Waals surface area contributed by atoms with Crippen LogP contribution >= 0.6 is 34.8 Å². The van der Waals surface area contributed by atoms with E-state index in [4.69, 9.17) is 34.8 Å². The van der Waals surface area contributed by atoms with Crippen LogP contribution in [0.2, 0.25) is 15.1 Å². The van der Waals surface area contributed by atoms with E-state index < -0.39 is 0 Å². The molecule has 0 saturated heterocycles. The highest BCUT2D eigenvalue weighted by atomic mass is 35.5. The summed E-state index contributed by atoms with van der Waals surface area (Å²) in [4.78, 5) is 0. The predicted molar refractivity (Wildman–Crippen MR) is 59.1 cm³/mol. The molecule has 2 rings (SSSR count). The van der Waals surface area contributed by atoms with Crippen molar-refractivity contribution in [2.75, 3.05) is 0 Å². The first-order valence-electron chi connectivity index (χ1n) is 3.83. The van der Waals surface area contributed by atoms with E-state index in [2.05, 4.69) is 10.2 Å². The van der Waals surface area contributed by atoms with Gasteiger partial charge in [0.25, 0.3) is 0 Å². The van der Waals surface area contributed by atoms with Gasteiger partial charge in [-0.3, -0.25) is 5.10 Å². The summed E-state index contributed by atoms with van der Waals surface area (Å²) in [5.74, 6) is 0. The molecule has 2 aromatic rings. The smallest absolute Gasteiger partial charge is 0.0863 e. The van der Waals surface area contributed by atoms with Crippen molar-refractivity contribution in [3.8, 4) is 11.3 Å². The van der Waals surface area contributed by atoms with Crippen LogP contribution in [0, 0.1) is 0 Å². The van der Waals surface area contributed by atoms with Gasteiger partial charge in [0, 0.05) is 10.6 Å². The first-order valence-corrected chi connectivity index (χ1v) is 4.96. The Morgan fingerprint density at radius 2 is 1.86 bits per heavy atom. The molecule has 2 nitrogen and oxygen atoms in total. The number of aromatic nitrogens is 2. The quantitative estimate of drug-likeness (QED) is 0.809. The number of benzene rings is 1. The first-order chi connectivity index (χ1) is 6.68. The van der Waals surface area contributed by atoms with Crippen LogP contribution in [0.4, 0.5) is 0 Å². The summed E-state index contributed by atoms with van der Waals surface area (Å²) in [7, 11) is 0. The van der Waals surface area contributed by atoms with Crippen LogP contribution < -0.4 is 0 Å². The van der Waals surface area contributed by atoms with Crippen molar-refractivity contribution in [1.82, 2.24) is 10.2 Å². The molecule has 14 heavy (non-hydrogen) atoms. The maximum atomic E-state index is 6.00. The van der Waals surface area contributed by atoms with E-state index in [-0.39, 0.29) is 0 Å². The molecule has 5 heteroatoms. The van der Waals surface area contributed by atoms with Gasteiger partial charge in [0.2, 0.25) is 0 Å². The van der Waals surface area contributed by atoms with Crippen molar-refractivity contribution in [3.63, 3.8) is 0 Å². The lowest BCUT2D eigenvalue weighted by Gasteiger charge is -2.02. The molecule has 0 fully saturated rings. The summed E-state index contributed by atoms with van der Waals surface area (Å²) in [6.07, 6.45) is 1.53. The van der Waals surface area contributed by atoms with Gasteiger partial charge in [-0.25, -0.2) is 0 Å². The molecule has 0 saturated carbocycles. The third-order valence-corrected chi connectivity index (χ3v) is 2.63. The molecule has 72 valence electrons. The van der Waals surface area contributed by atoms with Gasteiger partial charge in [-0.15, -0.1) is 0 Å². The second-order valence-corrected chi connectivity index (χ2v) is 3.97. The van der Waals surface area contributed by atoms with Gasteiger partial charge < -0.3 is 0 Å². The second-order valence-electron chi connectivity index (χ2n) is 2.72. The van der Waals surface area contributed by atoms with Gasteiger partial charge in [0.15, 0.2) is 0 Å². The standard InChI is InChI=1S/C9H5Cl3N2/c10-5-1-2-6(7(11)3-5)9-8(12)4-13-14-9/h1-4H,(H,13,14). The summed E-state index contributed by atoms with van der Waals surface area (Å²) >= 11 is 17.7. The normalized spacial score (nSPS) is 10.5. The van der Waals surface area contributed by atoms with Crippen LogP contribution in [-0.4, -0.2) is 10.2 Å². The largest absolute Gasteiger partial charge is 0.276 e. The summed E-state index contributed by atoms with van der Waals surface area (Å²) in [5, 5.41) is 8.26. The first kappa shape index (κ1) is 9.84. The number of rotatable bonds is 1. The van der Waals surface area contributed by atoms with Gasteiger partial charge in [0.1, 0.15) is 0 Å². The van der Waals surface area contributed by atoms with Gasteiger partial charge in [-0.05, 0) is 18.2 Å². The molecule has 0 aliphatic heterocycles. The third kappa shape index (κ3) is 1.73. The Bertz CT molecular complexity index is 465. The molecule has 1 heterocycles. The Morgan fingerprint density at radius 1 is 1.07 bits per heavy atom. The van der Waals surface area contributed by atoms with Crippen LogP contribution in [-0.2, 0) is 0 Å². The molecule has 0 bridgehead atoms. The fourth-order valence-electron chi connectivity index (χ4n) is 1.15. The van der Waals surface area contributed by atoms with Crippen molar-refractivity contribution in [1.29, 1.82) is 0 Å². The minimum atomic E-state index is 0.536. The average molecular weight is 248 g/mol. The number of nitrogens with one attached hydrogen (secondary N) is 1. The topological polar surface area (TPSA) is 28.7 Å². The summed E-state index contributed by atoms with van der Waals surface area (Å²) in [5.41, 5.74) is 1.49. The zero-order valence-corrected chi connectivity index (χ0v) is 9.16. The molecule has 0 amide bonds. The lowest BCUT2D eigenvalue weighted by molar-refractivity contribution is 1.10. The van der Waals surface area contributed by atoms with Crippen molar-refractivity contribution in [2.24, 2.45) is 0 Å². The molecular formula is C9H5Cl3N2. The lowest BCUT2D eigenvalue weighted by atomic mass is 10.1. The van der Waals surface area contributed by atoms with Crippen molar-refractivity contribution >= 4 is 34.8 Å². The third-order valence-electron chi connectivity index (χ3n) is 1.79. The number of hydrogen-bond acceptors (Lipinski definition) is 1. The van der Waals surface area contributed by atoms with E-state index in [1.54, 1.807) is 18.2 Å². The average Bonchev–Trinajstić information content (AvgIpc) is 2.52. The number of halogens is 3. The molecule has 0 radical (unpaired) electrons. The minimum Gasteiger partial charge on any atom is -0.276 e. The fourth-order valence-corrected chi connectivity index (χ4v) is 1.85. The van der Waals surface area contributed by atoms with E-state index in [9.17, 15) is 0 Å². The van der Waals surface area contributed by atoms with Crippen molar-refractivity contribution in [3.05, 3.63) is 39.5 Å². The fraction of sp³-hybridized carbons (Fsp3) is 0. The minimum absolute atomic E-state index is 0.536. The monoisotopic (exact) mass is 246 g/mol. The molecule has 1 N–H and O–H groups in total. The van der Waals surface area contributed by atoms with Gasteiger partial charge in [-0.2, -0.15) is 5.10 Å². The molecule has 1 aromatic carbocycles. The Balaban J connectivity index is 2.58. The summed E-state index contributed by atoms with van der Waals surface area (Å²) in [6, 6.07) is 5.21. The van der Waals surface area contributed by atoms with Gasteiger partial charge >= 0.3 is 0 Å². The van der Waals surface area contributed by atoms with Crippen molar-refractivity contribution in [2.45, 2.75) is 0 Å². The molecule has 0 unspecified atom stereocenters. The van der Waals surface area contributed by atoms with E-state index in [0.29, 0.717) is 20.8 Å². The highest BCUT2D eigenvalue weighted by molar-refractivity contribution is 6.37. The van der Waals surface area contributed by atoms with E-state index >= 15 is 0 Å². The van der Waals surface area contributed by atoms with Crippen LogP contribution in [0.5, 0.6) is 0 Å². The molecule has 1 aromatic heterocycles. The van der Waals surface area contributed by atoms with Crippen molar-refractivity contribution < 1.29 is 0 Å². The molecule has 0 atom stereocenters. The summed E-state index contributed by atoms with van der Waals surface area (Å²) in [6.45, 7) is 0. The van der Waals surface area contributed by atoms with Crippen LogP contribution in [0.15, 0.2) is 24.4 Å². The number of aromatic amines is 1. The molecule has 0 aliphatic rings. The highest BCUT2D eigenvalue weighted by Crippen LogP contribution is 2.32. The molecule has 0 spiro atoms. The number of nitrogens with zero attached hydrogens (tertiary/aromatic N) is 1. The maximum absolute atomic E-state index is 6.00. The highest BCUT2D eigenvalue weighted by Gasteiger charge is 2.09. The Kier molecular flexibility index (Phi) is 2.68. The van der Waals surface area contributed by atoms with Crippen LogP contribution in [0.1, 0.15) is 0 Å². The Hall–Kier alpha value is -0.700. The SMILES string of the molecule is Clc1ccc(-c2[nH]ncc2Cl)c(Cl)c1.